The molecule has 0 bridgehead atoms. The number of carbonyl (C=O) groups excluding carboxylic acids is 1. The highest BCUT2D eigenvalue weighted by molar-refractivity contribution is 5.78. The number of esters is 1. The van der Waals surface area contributed by atoms with Crippen LogP contribution in [0.15, 0.2) is 0 Å². The van der Waals surface area contributed by atoms with Crippen molar-refractivity contribution in [3.63, 3.8) is 0 Å². The first-order valence-electron chi connectivity index (χ1n) is 5.16. The number of unbranched alkanes of at least 4 members (excludes halogenated alkanes) is 1. The van der Waals surface area contributed by atoms with E-state index in [0.29, 0.717) is 12.5 Å². The number of carbonyl (C=O) groups is 1. The number of rotatable bonds is 7. The first-order valence-corrected chi connectivity index (χ1v) is 5.16. The van der Waals surface area contributed by atoms with E-state index < -0.39 is 0 Å². The Labute approximate surface area is 81.7 Å². The van der Waals surface area contributed by atoms with Crippen LogP contribution < -0.4 is 0 Å². The molecule has 0 N–H and O–H groups in total. The van der Waals surface area contributed by atoms with Gasteiger partial charge < -0.3 is 4.74 Å². The van der Waals surface area contributed by atoms with Gasteiger partial charge in [-0.25, -0.2) is 0 Å². The van der Waals surface area contributed by atoms with Crippen molar-refractivity contribution in [1.29, 1.82) is 0 Å². The molecule has 0 unspecified atom stereocenters. The standard InChI is InChI=1S/C11H21O2/c1-4-5-8-11(12)13-9-6-7-10(2)3/h8,10H,4-7,9H2,1-3H3. The summed E-state index contributed by atoms with van der Waals surface area (Å²) in [5.74, 6) is 0.531. The number of hydrogen-bond donors (Lipinski definition) is 0. The average Bonchev–Trinajstić information content (AvgIpc) is 2.08. The minimum atomic E-state index is -0.161. The molecule has 0 aromatic heterocycles. The lowest BCUT2D eigenvalue weighted by Crippen LogP contribution is -2.06. The normalized spacial score (nSPS) is 10.5. The van der Waals surface area contributed by atoms with Crippen LogP contribution in [0.5, 0.6) is 0 Å². The monoisotopic (exact) mass is 185 g/mol. The van der Waals surface area contributed by atoms with Gasteiger partial charge in [0.05, 0.1) is 13.0 Å². The summed E-state index contributed by atoms with van der Waals surface area (Å²) in [6, 6.07) is 0. The summed E-state index contributed by atoms with van der Waals surface area (Å²) in [5, 5.41) is 0. The van der Waals surface area contributed by atoms with E-state index >= 15 is 0 Å². The largest absolute Gasteiger partial charge is 0.465 e. The molecule has 0 aliphatic rings. The van der Waals surface area contributed by atoms with Gasteiger partial charge in [-0.15, -0.1) is 0 Å². The molecule has 0 rings (SSSR count). The van der Waals surface area contributed by atoms with Crippen LogP contribution in [0.2, 0.25) is 0 Å². The third kappa shape index (κ3) is 9.38. The Kier molecular flexibility index (Phi) is 7.76. The van der Waals surface area contributed by atoms with Crippen LogP contribution in [-0.2, 0) is 9.53 Å². The molecule has 0 fully saturated rings. The van der Waals surface area contributed by atoms with Crippen molar-refractivity contribution >= 4 is 5.97 Å². The number of hydrogen-bond acceptors (Lipinski definition) is 2. The summed E-state index contributed by atoms with van der Waals surface area (Å²) in [7, 11) is 0. The molecule has 0 spiro atoms. The third-order valence-electron chi connectivity index (χ3n) is 1.77. The SMILES string of the molecule is CCC[CH]C(=O)OCCCC(C)C. The van der Waals surface area contributed by atoms with Crippen LogP contribution in [0.25, 0.3) is 0 Å². The Hall–Kier alpha value is -0.530. The molecule has 0 heterocycles. The van der Waals surface area contributed by atoms with E-state index in [2.05, 4.69) is 13.8 Å². The Bertz CT molecular complexity index is 130. The highest BCUT2D eigenvalue weighted by atomic mass is 16.5. The maximum absolute atomic E-state index is 11.0. The Morgan fingerprint density at radius 3 is 2.69 bits per heavy atom. The van der Waals surface area contributed by atoms with E-state index in [0.717, 1.165) is 25.7 Å². The van der Waals surface area contributed by atoms with E-state index in [1.807, 2.05) is 6.92 Å². The summed E-state index contributed by atoms with van der Waals surface area (Å²) in [6.07, 6.45) is 5.55. The molecule has 1 radical (unpaired) electrons. The van der Waals surface area contributed by atoms with Crippen molar-refractivity contribution in [2.75, 3.05) is 6.61 Å². The minimum absolute atomic E-state index is 0.161. The van der Waals surface area contributed by atoms with Crippen LogP contribution in [0.3, 0.4) is 0 Å². The van der Waals surface area contributed by atoms with Crippen LogP contribution in [0.1, 0.15) is 46.5 Å². The number of ether oxygens (including phenoxy) is 1. The Morgan fingerprint density at radius 1 is 1.46 bits per heavy atom. The molecule has 0 saturated heterocycles. The van der Waals surface area contributed by atoms with E-state index in [4.69, 9.17) is 4.74 Å². The lowest BCUT2D eigenvalue weighted by Gasteiger charge is -2.05. The van der Waals surface area contributed by atoms with E-state index in [9.17, 15) is 4.79 Å². The third-order valence-corrected chi connectivity index (χ3v) is 1.77. The first-order chi connectivity index (χ1) is 6.16. The van der Waals surface area contributed by atoms with Gasteiger partial charge in [-0.2, -0.15) is 0 Å². The molecule has 0 aliphatic heterocycles. The fraction of sp³-hybridized carbons (Fsp3) is 0.818. The van der Waals surface area contributed by atoms with Crippen LogP contribution >= 0.6 is 0 Å². The molecule has 0 aromatic rings. The summed E-state index contributed by atoms with van der Waals surface area (Å²) >= 11 is 0. The first kappa shape index (κ1) is 12.5. The van der Waals surface area contributed by atoms with Crippen molar-refractivity contribution in [3.8, 4) is 0 Å². The second kappa shape index (κ2) is 8.09. The van der Waals surface area contributed by atoms with Crippen molar-refractivity contribution in [3.05, 3.63) is 6.42 Å². The van der Waals surface area contributed by atoms with Crippen LogP contribution in [0, 0.1) is 12.3 Å². The summed E-state index contributed by atoms with van der Waals surface area (Å²) in [6.45, 7) is 6.95. The lowest BCUT2D eigenvalue weighted by molar-refractivity contribution is -0.139. The van der Waals surface area contributed by atoms with Gasteiger partial charge >= 0.3 is 5.97 Å². The molecule has 0 saturated carbocycles. The molecular formula is C11H21O2. The highest BCUT2D eigenvalue weighted by Crippen LogP contribution is 2.04. The fourth-order valence-corrected chi connectivity index (χ4v) is 0.985. The molecule has 13 heavy (non-hydrogen) atoms. The maximum atomic E-state index is 11.0. The molecule has 0 aromatic carbocycles. The van der Waals surface area contributed by atoms with Gasteiger partial charge in [-0.1, -0.05) is 27.2 Å². The van der Waals surface area contributed by atoms with Crippen molar-refractivity contribution in [1.82, 2.24) is 0 Å². The second-order valence-corrected chi connectivity index (χ2v) is 3.70. The maximum Gasteiger partial charge on any atom is 0.309 e. The van der Waals surface area contributed by atoms with Crippen molar-refractivity contribution in [2.24, 2.45) is 5.92 Å². The van der Waals surface area contributed by atoms with Gasteiger partial charge in [-0.05, 0) is 25.2 Å². The smallest absolute Gasteiger partial charge is 0.309 e. The second-order valence-electron chi connectivity index (χ2n) is 3.70. The minimum Gasteiger partial charge on any atom is -0.465 e. The average molecular weight is 185 g/mol. The van der Waals surface area contributed by atoms with E-state index in [1.54, 1.807) is 6.42 Å². The molecule has 2 heteroatoms. The summed E-state index contributed by atoms with van der Waals surface area (Å²) in [4.78, 5) is 11.0. The van der Waals surface area contributed by atoms with Gasteiger partial charge in [0.25, 0.3) is 0 Å². The molecular weight excluding hydrogens is 164 g/mol. The zero-order valence-corrected chi connectivity index (χ0v) is 9.01. The predicted octanol–water partition coefficient (Wildman–Crippen LogP) is 2.97. The van der Waals surface area contributed by atoms with Gasteiger partial charge in [-0.3, -0.25) is 4.79 Å². The van der Waals surface area contributed by atoms with Gasteiger partial charge in [0, 0.05) is 0 Å². The Morgan fingerprint density at radius 2 is 2.15 bits per heavy atom. The van der Waals surface area contributed by atoms with E-state index in [1.165, 1.54) is 0 Å². The topological polar surface area (TPSA) is 26.3 Å². The van der Waals surface area contributed by atoms with Crippen molar-refractivity contribution in [2.45, 2.75) is 46.5 Å². The zero-order valence-electron chi connectivity index (χ0n) is 9.01. The Balaban J connectivity index is 3.17. The summed E-state index contributed by atoms with van der Waals surface area (Å²) in [5.41, 5.74) is 0. The fourth-order valence-electron chi connectivity index (χ4n) is 0.985. The van der Waals surface area contributed by atoms with E-state index in [-0.39, 0.29) is 5.97 Å². The van der Waals surface area contributed by atoms with Gasteiger partial charge in [0.1, 0.15) is 0 Å². The predicted molar refractivity (Wildman–Crippen MR) is 54.2 cm³/mol. The molecule has 0 atom stereocenters. The lowest BCUT2D eigenvalue weighted by atomic mass is 10.1. The molecule has 0 aliphatic carbocycles. The zero-order chi connectivity index (χ0) is 10.1. The highest BCUT2D eigenvalue weighted by Gasteiger charge is 2.01. The van der Waals surface area contributed by atoms with Crippen LogP contribution in [-0.4, -0.2) is 12.6 Å². The quantitative estimate of drug-likeness (QED) is 0.450. The van der Waals surface area contributed by atoms with Crippen molar-refractivity contribution < 1.29 is 9.53 Å². The summed E-state index contributed by atoms with van der Waals surface area (Å²) < 4.78 is 5.00. The molecule has 2 nitrogen and oxygen atoms in total. The van der Waals surface area contributed by atoms with Gasteiger partial charge in [0.2, 0.25) is 0 Å². The van der Waals surface area contributed by atoms with Gasteiger partial charge in [0.15, 0.2) is 0 Å². The molecule has 0 amide bonds. The molecule has 77 valence electrons. The van der Waals surface area contributed by atoms with Crippen LogP contribution in [0.4, 0.5) is 0 Å².